The van der Waals surface area contributed by atoms with E-state index in [0.29, 0.717) is 6.61 Å². The van der Waals surface area contributed by atoms with Crippen molar-refractivity contribution >= 4 is 5.97 Å². The molecular formula is C18H26O6. The van der Waals surface area contributed by atoms with E-state index in [9.17, 15) is 4.79 Å². The SMILES string of the molecule is O=C1O[C@H]([C@@H]2COC3(CCCCC3)O2)[C@@H]2OC3(CCCCC3)O[C@H]12. The van der Waals surface area contributed by atoms with Crippen molar-refractivity contribution in [1.29, 1.82) is 0 Å². The van der Waals surface area contributed by atoms with Crippen LogP contribution in [0.3, 0.4) is 0 Å². The summed E-state index contributed by atoms with van der Waals surface area (Å²) in [5.41, 5.74) is 0. The maximum absolute atomic E-state index is 12.3. The number of ether oxygens (including phenoxy) is 5. The third kappa shape index (κ3) is 2.42. The smallest absolute Gasteiger partial charge is 0.338 e. The average Bonchev–Trinajstić information content (AvgIpc) is 3.24. The Hall–Kier alpha value is -0.690. The van der Waals surface area contributed by atoms with Crippen molar-refractivity contribution in [3.05, 3.63) is 0 Å². The van der Waals surface area contributed by atoms with Gasteiger partial charge in [0.15, 0.2) is 23.8 Å². The van der Waals surface area contributed by atoms with Crippen LogP contribution in [0.15, 0.2) is 0 Å². The molecule has 2 spiro atoms. The molecule has 0 bridgehead atoms. The average molecular weight is 338 g/mol. The highest BCUT2D eigenvalue weighted by molar-refractivity contribution is 5.78. The van der Waals surface area contributed by atoms with E-state index in [2.05, 4.69) is 0 Å². The lowest BCUT2D eigenvalue weighted by Crippen LogP contribution is -2.43. The van der Waals surface area contributed by atoms with Crippen LogP contribution in [0.4, 0.5) is 0 Å². The molecule has 3 aliphatic heterocycles. The lowest BCUT2D eigenvalue weighted by Gasteiger charge is -2.34. The quantitative estimate of drug-likeness (QED) is 0.684. The molecule has 5 fully saturated rings. The topological polar surface area (TPSA) is 63.2 Å². The molecule has 6 nitrogen and oxygen atoms in total. The van der Waals surface area contributed by atoms with Crippen molar-refractivity contribution in [2.75, 3.05) is 6.61 Å². The fraction of sp³-hybridized carbons (Fsp3) is 0.944. The summed E-state index contributed by atoms with van der Waals surface area (Å²) in [6.45, 7) is 0.470. The first-order valence-corrected chi connectivity index (χ1v) is 9.57. The van der Waals surface area contributed by atoms with Gasteiger partial charge in [-0.2, -0.15) is 0 Å². The number of carbonyl (C=O) groups is 1. The Kier molecular flexibility index (Phi) is 3.67. The minimum Gasteiger partial charge on any atom is -0.455 e. The summed E-state index contributed by atoms with van der Waals surface area (Å²) in [5, 5.41) is 0. The molecule has 0 aromatic rings. The second-order valence-electron chi connectivity index (χ2n) is 7.93. The molecule has 24 heavy (non-hydrogen) atoms. The second-order valence-corrected chi connectivity index (χ2v) is 7.93. The zero-order chi connectivity index (χ0) is 16.2. The van der Waals surface area contributed by atoms with Gasteiger partial charge in [-0.1, -0.05) is 12.8 Å². The van der Waals surface area contributed by atoms with Crippen LogP contribution in [0.1, 0.15) is 64.2 Å². The van der Waals surface area contributed by atoms with E-state index in [0.717, 1.165) is 51.4 Å². The lowest BCUT2D eigenvalue weighted by molar-refractivity contribution is -0.230. The molecule has 0 N–H and O–H groups in total. The van der Waals surface area contributed by atoms with Crippen molar-refractivity contribution in [3.63, 3.8) is 0 Å². The van der Waals surface area contributed by atoms with E-state index >= 15 is 0 Å². The van der Waals surface area contributed by atoms with Crippen molar-refractivity contribution in [1.82, 2.24) is 0 Å². The number of rotatable bonds is 1. The van der Waals surface area contributed by atoms with Gasteiger partial charge < -0.3 is 23.7 Å². The Morgan fingerprint density at radius 3 is 2.12 bits per heavy atom. The maximum Gasteiger partial charge on any atom is 0.338 e. The molecule has 2 aliphatic carbocycles. The molecule has 5 aliphatic rings. The highest BCUT2D eigenvalue weighted by atomic mass is 16.8. The summed E-state index contributed by atoms with van der Waals surface area (Å²) in [4.78, 5) is 12.3. The monoisotopic (exact) mass is 338 g/mol. The van der Waals surface area contributed by atoms with Gasteiger partial charge in [0.2, 0.25) is 0 Å². The highest BCUT2D eigenvalue weighted by Gasteiger charge is 2.62. The summed E-state index contributed by atoms with van der Waals surface area (Å²) >= 11 is 0. The summed E-state index contributed by atoms with van der Waals surface area (Å²) in [5.74, 6) is -1.34. The lowest BCUT2D eigenvalue weighted by atomic mass is 9.94. The largest absolute Gasteiger partial charge is 0.455 e. The van der Waals surface area contributed by atoms with Crippen molar-refractivity contribution in [2.45, 2.75) is 100 Å². The Morgan fingerprint density at radius 1 is 0.750 bits per heavy atom. The minimum atomic E-state index is -0.598. The van der Waals surface area contributed by atoms with Crippen LogP contribution in [-0.2, 0) is 28.5 Å². The summed E-state index contributed by atoms with van der Waals surface area (Å²) in [6, 6.07) is 0. The first-order valence-electron chi connectivity index (χ1n) is 9.57. The van der Waals surface area contributed by atoms with Gasteiger partial charge in [-0.25, -0.2) is 4.79 Å². The fourth-order valence-corrected chi connectivity index (χ4v) is 5.03. The molecule has 0 unspecified atom stereocenters. The Labute approximate surface area is 142 Å². The molecule has 2 saturated carbocycles. The maximum atomic E-state index is 12.3. The van der Waals surface area contributed by atoms with E-state index in [1.54, 1.807) is 0 Å². The van der Waals surface area contributed by atoms with Crippen molar-refractivity contribution in [2.24, 2.45) is 0 Å². The number of cyclic esters (lactones) is 1. The van der Waals surface area contributed by atoms with Crippen molar-refractivity contribution < 1.29 is 28.5 Å². The highest BCUT2D eigenvalue weighted by Crippen LogP contribution is 2.47. The van der Waals surface area contributed by atoms with Gasteiger partial charge in [-0.15, -0.1) is 0 Å². The van der Waals surface area contributed by atoms with Crippen LogP contribution < -0.4 is 0 Å². The second kappa shape index (κ2) is 5.66. The zero-order valence-corrected chi connectivity index (χ0v) is 14.0. The molecule has 0 amide bonds. The summed E-state index contributed by atoms with van der Waals surface area (Å²) < 4.78 is 30.2. The van der Waals surface area contributed by atoms with E-state index in [1.807, 2.05) is 0 Å². The number of fused-ring (bicyclic) bond motifs is 1. The predicted octanol–water partition coefficient (Wildman–Crippen LogP) is 2.43. The number of esters is 1. The van der Waals surface area contributed by atoms with Crippen LogP contribution in [0.5, 0.6) is 0 Å². The van der Waals surface area contributed by atoms with Crippen molar-refractivity contribution in [3.8, 4) is 0 Å². The van der Waals surface area contributed by atoms with E-state index in [-0.39, 0.29) is 18.2 Å². The van der Waals surface area contributed by atoms with E-state index in [1.165, 1.54) is 12.8 Å². The molecule has 6 heteroatoms. The molecule has 3 saturated heterocycles. The zero-order valence-electron chi connectivity index (χ0n) is 14.0. The van der Waals surface area contributed by atoms with Gasteiger partial charge in [0.25, 0.3) is 0 Å². The minimum absolute atomic E-state index is 0.246. The van der Waals surface area contributed by atoms with Gasteiger partial charge in [0.1, 0.15) is 12.2 Å². The molecule has 3 heterocycles. The summed E-state index contributed by atoms with van der Waals surface area (Å²) in [6.07, 6.45) is 8.87. The third-order valence-electron chi connectivity index (χ3n) is 6.27. The first-order chi connectivity index (χ1) is 11.7. The molecule has 134 valence electrons. The van der Waals surface area contributed by atoms with Gasteiger partial charge in [0, 0.05) is 25.7 Å². The number of hydrogen-bond donors (Lipinski definition) is 0. The molecule has 4 atom stereocenters. The molecule has 0 radical (unpaired) electrons. The van der Waals surface area contributed by atoms with E-state index in [4.69, 9.17) is 23.7 Å². The molecular weight excluding hydrogens is 312 g/mol. The Balaban J connectivity index is 1.31. The predicted molar refractivity (Wildman–Crippen MR) is 82.1 cm³/mol. The third-order valence-corrected chi connectivity index (χ3v) is 6.27. The van der Waals surface area contributed by atoms with Crippen LogP contribution in [0.25, 0.3) is 0 Å². The normalized spacial score (nSPS) is 43.2. The summed E-state index contributed by atoms with van der Waals surface area (Å²) in [7, 11) is 0. The van der Waals surface area contributed by atoms with Gasteiger partial charge >= 0.3 is 5.97 Å². The Morgan fingerprint density at radius 2 is 1.42 bits per heavy atom. The van der Waals surface area contributed by atoms with Crippen LogP contribution in [0.2, 0.25) is 0 Å². The fourth-order valence-electron chi connectivity index (χ4n) is 5.03. The van der Waals surface area contributed by atoms with Crippen LogP contribution in [0, 0.1) is 0 Å². The molecule has 0 aromatic carbocycles. The molecule has 5 rings (SSSR count). The van der Waals surface area contributed by atoms with Crippen LogP contribution >= 0.6 is 0 Å². The van der Waals surface area contributed by atoms with Gasteiger partial charge in [-0.05, 0) is 25.7 Å². The van der Waals surface area contributed by atoms with Gasteiger partial charge in [0.05, 0.1) is 6.61 Å². The standard InChI is InChI=1S/C18H26O6/c19-16-15-14(23-18(24-15)9-5-2-6-10-18)13(21-16)12-11-20-17(22-12)7-3-1-4-8-17/h12-15H,1-11H2/t12-,13+,14-,15-/m0/s1. The number of carbonyl (C=O) groups excluding carboxylic acids is 1. The van der Waals surface area contributed by atoms with Crippen LogP contribution in [-0.4, -0.2) is 48.6 Å². The van der Waals surface area contributed by atoms with E-state index < -0.39 is 23.8 Å². The number of hydrogen-bond acceptors (Lipinski definition) is 6. The Bertz CT molecular complexity index is 508. The molecule has 0 aromatic heterocycles. The van der Waals surface area contributed by atoms with Gasteiger partial charge in [-0.3, -0.25) is 0 Å². The first kappa shape index (κ1) is 15.6.